The van der Waals surface area contributed by atoms with Crippen molar-refractivity contribution in [2.24, 2.45) is 41.4 Å². The number of esters is 1. The summed E-state index contributed by atoms with van der Waals surface area (Å²) >= 11 is 0. The third-order valence-electron chi connectivity index (χ3n) is 14.7. The summed E-state index contributed by atoms with van der Waals surface area (Å²) in [6.45, 7) is 20.8. The van der Waals surface area contributed by atoms with E-state index in [4.69, 9.17) is 28.4 Å². The number of aliphatic hydroxyl groups is 2. The Labute approximate surface area is 383 Å². The van der Waals surface area contributed by atoms with Gasteiger partial charge in [-0.1, -0.05) is 55.4 Å². The Morgan fingerprint density at radius 3 is 2.16 bits per heavy atom. The Bertz CT molecular complexity index is 1440. The van der Waals surface area contributed by atoms with Gasteiger partial charge in [-0.2, -0.15) is 0 Å². The van der Waals surface area contributed by atoms with Crippen LogP contribution < -0.4 is 56.5 Å². The molecule has 0 saturated carbocycles. The third kappa shape index (κ3) is 9.85. The van der Waals surface area contributed by atoms with Gasteiger partial charge in [-0.3, -0.25) is 9.59 Å². The summed E-state index contributed by atoms with van der Waals surface area (Å²) in [5, 5.41) is 34.7. The summed E-state index contributed by atoms with van der Waals surface area (Å²) in [7, 11) is 0. The van der Waals surface area contributed by atoms with Crippen molar-refractivity contribution in [3.63, 3.8) is 0 Å². The zero-order chi connectivity index (χ0) is 41.5. The molecule has 320 valence electrons. The number of hydrogen-bond acceptors (Lipinski definition) is 12. The van der Waals surface area contributed by atoms with Gasteiger partial charge in [0.25, 0.3) is 0 Å². The van der Waals surface area contributed by atoms with Crippen molar-refractivity contribution in [2.75, 3.05) is 0 Å². The predicted octanol–water partition coefficient (Wildman–Crippen LogP) is 2.43. The van der Waals surface area contributed by atoms with E-state index in [0.29, 0.717) is 57.8 Å². The van der Waals surface area contributed by atoms with Gasteiger partial charge in [-0.05, 0) is 95.6 Å². The van der Waals surface area contributed by atoms with Crippen LogP contribution in [0.1, 0.15) is 140 Å². The van der Waals surface area contributed by atoms with Crippen LogP contribution in [-0.2, 0) is 42.8 Å². The quantitative estimate of drug-likeness (QED) is 0.158. The van der Waals surface area contributed by atoms with Crippen molar-refractivity contribution in [1.29, 1.82) is 0 Å². The standard InChI is InChI=1S/C44H72O12.K/c1-12-31(40(48)49)33-16-15-24(4)38(53-33)28(8)36(46)27(7)37(47)32(13-2)39-25(5)23-26(6)43(54-39)20-18-35(52-30(10)45)44(56-43)22-21-41(11,55-44)34-17-19-42(50,14-3)29(9)51-34;/h18,20,24-29,31-36,38-39,46,50H,12-17,19,21-23H2,1-11H3,(H,48,49);/q;+1/p-1/t24-,25-,26+,27-,28-,29-,31+,32-,33+,34+,35+,36+,38+,39-,41-,42+,43-,44-;/m0./s1. The average molecular weight is 831 g/mol. The van der Waals surface area contributed by atoms with Gasteiger partial charge in [0, 0.05) is 48.9 Å². The summed E-state index contributed by atoms with van der Waals surface area (Å²) in [4.78, 5) is 38.8. The maximum Gasteiger partial charge on any atom is 1.00 e. The van der Waals surface area contributed by atoms with E-state index in [1.165, 1.54) is 6.92 Å². The van der Waals surface area contributed by atoms with E-state index in [9.17, 15) is 29.7 Å². The zero-order valence-electron chi connectivity index (χ0n) is 36.8. The van der Waals surface area contributed by atoms with Crippen LogP contribution in [-0.4, -0.2) is 93.4 Å². The maximum absolute atomic E-state index is 14.5. The summed E-state index contributed by atoms with van der Waals surface area (Å²) in [5.41, 5.74) is -1.71. The average Bonchev–Trinajstić information content (AvgIpc) is 3.49. The third-order valence-corrected chi connectivity index (χ3v) is 14.7. The molecular weight excluding hydrogens is 760 g/mol. The minimum atomic E-state index is -1.38. The van der Waals surface area contributed by atoms with E-state index >= 15 is 0 Å². The molecule has 5 heterocycles. The van der Waals surface area contributed by atoms with Crippen LogP contribution >= 0.6 is 0 Å². The first-order chi connectivity index (χ1) is 26.2. The first kappa shape index (κ1) is 49.4. The van der Waals surface area contributed by atoms with E-state index in [0.717, 1.165) is 6.42 Å². The molecule has 4 fully saturated rings. The molecule has 0 aromatic heterocycles. The van der Waals surface area contributed by atoms with Crippen LogP contribution in [0.2, 0.25) is 0 Å². The molecule has 5 aliphatic heterocycles. The smallest absolute Gasteiger partial charge is 0.550 e. The number of carbonyl (C=O) groups excluding carboxylic acids is 3. The molecule has 4 saturated heterocycles. The summed E-state index contributed by atoms with van der Waals surface area (Å²) < 4.78 is 39.8. The van der Waals surface area contributed by atoms with Gasteiger partial charge in [-0.25, -0.2) is 0 Å². The molecule has 0 amide bonds. The minimum absolute atomic E-state index is 0. The van der Waals surface area contributed by atoms with Crippen molar-refractivity contribution < 1.29 is 110 Å². The number of carboxylic acid groups (broad SMARTS) is 1. The first-order valence-corrected chi connectivity index (χ1v) is 21.6. The van der Waals surface area contributed by atoms with Gasteiger partial charge < -0.3 is 48.5 Å². The molecule has 57 heavy (non-hydrogen) atoms. The second-order valence-corrected chi connectivity index (χ2v) is 18.5. The molecule has 0 aliphatic carbocycles. The summed E-state index contributed by atoms with van der Waals surface area (Å²) in [5.74, 6) is -6.94. The van der Waals surface area contributed by atoms with Crippen LogP contribution in [0.5, 0.6) is 0 Å². The number of Topliss-reactive ketones (excluding diaryl/α,β-unsaturated/α-hetero) is 1. The molecule has 0 unspecified atom stereocenters. The molecule has 0 aromatic rings. The summed E-state index contributed by atoms with van der Waals surface area (Å²) in [6.07, 6.45) is 5.21. The van der Waals surface area contributed by atoms with Gasteiger partial charge in [0.05, 0.1) is 47.8 Å². The number of hydrogen-bond donors (Lipinski definition) is 2. The summed E-state index contributed by atoms with van der Waals surface area (Å²) in [6, 6.07) is 0. The number of aliphatic carboxylic acids is 1. The Balaban J connectivity index is 0.00000720. The second kappa shape index (κ2) is 19.4. The molecule has 0 aromatic carbocycles. The normalized spacial score (nSPS) is 43.4. The Hall–Kier alpha value is -0.294. The fourth-order valence-electron chi connectivity index (χ4n) is 10.8. The maximum atomic E-state index is 14.5. The predicted molar refractivity (Wildman–Crippen MR) is 206 cm³/mol. The van der Waals surface area contributed by atoms with E-state index < -0.39 is 88.9 Å². The molecular formula is C44H71KO12. The molecule has 5 aliphatic rings. The van der Waals surface area contributed by atoms with Crippen LogP contribution in [0.15, 0.2) is 12.2 Å². The van der Waals surface area contributed by atoms with Gasteiger partial charge in [0.15, 0.2) is 11.9 Å². The van der Waals surface area contributed by atoms with E-state index in [-0.39, 0.29) is 87.1 Å². The molecule has 5 rings (SSSR count). The number of ketones is 1. The van der Waals surface area contributed by atoms with Crippen LogP contribution in [0.4, 0.5) is 0 Å². The van der Waals surface area contributed by atoms with Crippen LogP contribution in [0.25, 0.3) is 0 Å². The molecule has 18 atom stereocenters. The van der Waals surface area contributed by atoms with E-state index in [1.54, 1.807) is 13.0 Å². The van der Waals surface area contributed by atoms with Crippen LogP contribution in [0.3, 0.4) is 0 Å². The van der Waals surface area contributed by atoms with Crippen molar-refractivity contribution in [2.45, 2.75) is 206 Å². The second-order valence-electron chi connectivity index (χ2n) is 18.5. The Morgan fingerprint density at radius 1 is 0.912 bits per heavy atom. The minimum Gasteiger partial charge on any atom is -0.550 e. The van der Waals surface area contributed by atoms with Gasteiger partial charge in [-0.15, -0.1) is 0 Å². The molecule has 13 heteroatoms. The van der Waals surface area contributed by atoms with Crippen molar-refractivity contribution in [3.05, 3.63) is 12.2 Å². The number of rotatable bonds is 13. The van der Waals surface area contributed by atoms with Crippen molar-refractivity contribution >= 4 is 17.7 Å². The fourth-order valence-corrected chi connectivity index (χ4v) is 10.8. The van der Waals surface area contributed by atoms with Gasteiger partial charge >= 0.3 is 57.4 Å². The number of carbonyl (C=O) groups is 3. The van der Waals surface area contributed by atoms with E-state index in [1.807, 2.05) is 54.5 Å². The van der Waals surface area contributed by atoms with Crippen molar-refractivity contribution in [1.82, 2.24) is 0 Å². The first-order valence-electron chi connectivity index (χ1n) is 21.6. The Morgan fingerprint density at radius 2 is 1.58 bits per heavy atom. The largest absolute Gasteiger partial charge is 1.00 e. The molecule has 2 N–H and O–H groups in total. The van der Waals surface area contributed by atoms with Gasteiger partial charge in [0.2, 0.25) is 5.79 Å². The number of carboxylic acids is 1. The topological polar surface area (TPSA) is 170 Å². The van der Waals surface area contributed by atoms with Crippen molar-refractivity contribution in [3.8, 4) is 0 Å². The van der Waals surface area contributed by atoms with Crippen LogP contribution in [0, 0.1) is 41.4 Å². The number of aliphatic hydroxyl groups excluding tert-OH is 1. The van der Waals surface area contributed by atoms with E-state index in [2.05, 4.69) is 13.8 Å². The zero-order valence-corrected chi connectivity index (χ0v) is 39.9. The molecule has 0 radical (unpaired) electrons. The SMILES string of the molecule is CC[C@@H](C(=O)[C@@H](C)[C@@H](O)[C@H](C)[C@@H]1O[C@@H]([C@@H](CC)C(=O)[O-])CC[C@@H]1C)[C@H]1O[C@]2(C=C[C@@H](OC(C)=O)[C@]3(CC[C@@](C)([C@H]4CC[C@](O)(CC)[C@H](C)O4)O3)O2)[C@H](C)C[C@@H]1C.[K+]. The molecule has 0 bridgehead atoms. The molecule has 12 nitrogen and oxygen atoms in total. The van der Waals surface area contributed by atoms with Gasteiger partial charge in [0.1, 0.15) is 5.78 Å². The Kier molecular flexibility index (Phi) is 16.8. The molecule has 2 spiro atoms. The monoisotopic (exact) mass is 830 g/mol. The number of ether oxygens (including phenoxy) is 6. The fraction of sp³-hybridized carbons (Fsp3) is 0.886.